The molecular weight excluding hydrogens is 290 g/mol. The second-order valence-corrected chi connectivity index (χ2v) is 7.52. The van der Waals surface area contributed by atoms with Gasteiger partial charge in [-0.3, -0.25) is 0 Å². The Morgan fingerprint density at radius 3 is 2.57 bits per heavy atom. The minimum absolute atomic E-state index is 0.283. The first-order valence-electron chi connectivity index (χ1n) is 6.86. The van der Waals surface area contributed by atoms with E-state index in [2.05, 4.69) is 14.5 Å². The lowest BCUT2D eigenvalue weighted by molar-refractivity contribution is 0.411. The van der Waals surface area contributed by atoms with Crippen molar-refractivity contribution in [2.24, 2.45) is 0 Å². The van der Waals surface area contributed by atoms with Crippen LogP contribution < -0.4 is 5.73 Å². The predicted molar refractivity (Wildman–Crippen MR) is 81.3 cm³/mol. The normalized spacial score (nSPS) is 16.9. The molecule has 0 fully saturated rings. The molecule has 2 aromatic rings. The highest BCUT2D eigenvalue weighted by Gasteiger charge is 2.25. The summed E-state index contributed by atoms with van der Waals surface area (Å²) in [5.74, 6) is 1.13. The Bertz CT molecular complexity index is 825. The van der Waals surface area contributed by atoms with Crippen molar-refractivity contribution in [3.8, 4) is 0 Å². The SMILES string of the molecule is Cc1nc(N)c2nc3n(c2c1C)CCCN(S(C)(=O)=O)C3. The lowest BCUT2D eigenvalue weighted by Crippen LogP contribution is -2.29. The van der Waals surface area contributed by atoms with Gasteiger partial charge in [0.2, 0.25) is 10.0 Å². The van der Waals surface area contributed by atoms with E-state index in [0.29, 0.717) is 17.9 Å². The monoisotopic (exact) mass is 309 g/mol. The van der Waals surface area contributed by atoms with Crippen LogP contribution in [0.4, 0.5) is 5.82 Å². The van der Waals surface area contributed by atoms with Crippen molar-refractivity contribution in [1.82, 2.24) is 18.8 Å². The number of aryl methyl sites for hydroxylation is 3. The Morgan fingerprint density at radius 2 is 1.90 bits per heavy atom. The number of anilines is 1. The van der Waals surface area contributed by atoms with Crippen molar-refractivity contribution >= 4 is 26.9 Å². The zero-order valence-corrected chi connectivity index (χ0v) is 13.2. The summed E-state index contributed by atoms with van der Waals surface area (Å²) >= 11 is 0. The molecule has 2 aromatic heterocycles. The topological polar surface area (TPSA) is 94.1 Å². The highest BCUT2D eigenvalue weighted by atomic mass is 32.2. The Kier molecular flexibility index (Phi) is 3.18. The third-order valence-electron chi connectivity index (χ3n) is 4.05. The lowest BCUT2D eigenvalue weighted by atomic mass is 10.2. The summed E-state index contributed by atoms with van der Waals surface area (Å²) in [4.78, 5) is 8.85. The molecule has 0 amide bonds. The third-order valence-corrected chi connectivity index (χ3v) is 5.30. The van der Waals surface area contributed by atoms with Gasteiger partial charge in [0.05, 0.1) is 18.3 Å². The van der Waals surface area contributed by atoms with E-state index in [0.717, 1.165) is 35.6 Å². The van der Waals surface area contributed by atoms with E-state index in [1.807, 2.05) is 13.8 Å². The van der Waals surface area contributed by atoms with Crippen molar-refractivity contribution in [2.45, 2.75) is 33.4 Å². The van der Waals surface area contributed by atoms with Gasteiger partial charge in [0.1, 0.15) is 11.3 Å². The van der Waals surface area contributed by atoms with Crippen LogP contribution in [0.5, 0.6) is 0 Å². The maximum Gasteiger partial charge on any atom is 0.211 e. The molecule has 8 heteroatoms. The average Bonchev–Trinajstić information content (AvgIpc) is 2.60. The number of sulfonamides is 1. The van der Waals surface area contributed by atoms with Gasteiger partial charge < -0.3 is 10.3 Å². The summed E-state index contributed by atoms with van der Waals surface area (Å²) < 4.78 is 27.2. The molecule has 3 rings (SSSR count). The van der Waals surface area contributed by atoms with Gasteiger partial charge in [-0.15, -0.1) is 0 Å². The number of nitrogens with two attached hydrogens (primary N) is 1. The quantitative estimate of drug-likeness (QED) is 0.840. The van der Waals surface area contributed by atoms with Gasteiger partial charge in [0, 0.05) is 18.8 Å². The predicted octanol–water partition coefficient (Wildman–Crippen LogP) is 0.796. The number of aromatic nitrogens is 3. The van der Waals surface area contributed by atoms with Crippen molar-refractivity contribution in [3.05, 3.63) is 17.1 Å². The smallest absolute Gasteiger partial charge is 0.211 e. The van der Waals surface area contributed by atoms with E-state index in [1.54, 1.807) is 0 Å². The number of hydrogen-bond donors (Lipinski definition) is 1. The molecule has 1 aliphatic rings. The summed E-state index contributed by atoms with van der Waals surface area (Å²) in [6.07, 6.45) is 1.99. The molecule has 0 saturated heterocycles. The number of nitrogens with zero attached hydrogens (tertiary/aromatic N) is 4. The van der Waals surface area contributed by atoms with E-state index in [-0.39, 0.29) is 6.54 Å². The van der Waals surface area contributed by atoms with Gasteiger partial charge in [-0.25, -0.2) is 18.4 Å². The highest BCUT2D eigenvalue weighted by molar-refractivity contribution is 7.88. The van der Waals surface area contributed by atoms with Gasteiger partial charge in [-0.05, 0) is 25.8 Å². The van der Waals surface area contributed by atoms with Gasteiger partial charge in [-0.2, -0.15) is 4.31 Å². The first-order valence-corrected chi connectivity index (χ1v) is 8.71. The van der Waals surface area contributed by atoms with Crippen LogP contribution in [-0.4, -0.2) is 40.1 Å². The molecule has 0 aliphatic carbocycles. The molecule has 1 aliphatic heterocycles. The zero-order valence-electron chi connectivity index (χ0n) is 12.4. The van der Waals surface area contributed by atoms with E-state index in [4.69, 9.17) is 5.73 Å². The fourth-order valence-corrected chi connectivity index (χ4v) is 3.64. The van der Waals surface area contributed by atoms with Crippen LogP contribution in [0.2, 0.25) is 0 Å². The molecule has 21 heavy (non-hydrogen) atoms. The van der Waals surface area contributed by atoms with Crippen LogP contribution in [0.3, 0.4) is 0 Å². The maximum atomic E-state index is 11.8. The van der Waals surface area contributed by atoms with Gasteiger partial charge >= 0.3 is 0 Å². The standard InChI is InChI=1S/C13H19N5O2S/c1-8-9(2)15-13(14)11-12(8)18-6-4-5-17(21(3,19)20)7-10(18)16-11/h4-7H2,1-3H3,(H2,14,15). The number of fused-ring (bicyclic) bond motifs is 3. The largest absolute Gasteiger partial charge is 0.382 e. The molecule has 0 saturated carbocycles. The second kappa shape index (κ2) is 4.67. The minimum Gasteiger partial charge on any atom is -0.382 e. The first kappa shape index (κ1) is 14.3. The molecule has 114 valence electrons. The summed E-state index contributed by atoms with van der Waals surface area (Å²) in [6.45, 7) is 5.46. The van der Waals surface area contributed by atoms with Crippen LogP contribution in [0.25, 0.3) is 11.0 Å². The molecule has 7 nitrogen and oxygen atoms in total. The lowest BCUT2D eigenvalue weighted by Gasteiger charge is -2.15. The van der Waals surface area contributed by atoms with E-state index in [9.17, 15) is 8.42 Å². The molecule has 3 heterocycles. The van der Waals surface area contributed by atoms with E-state index in [1.165, 1.54) is 10.6 Å². The molecule has 0 spiro atoms. The van der Waals surface area contributed by atoms with E-state index < -0.39 is 10.0 Å². The number of nitrogen functional groups attached to an aromatic ring is 1. The van der Waals surface area contributed by atoms with Crippen LogP contribution in [0.1, 0.15) is 23.5 Å². The van der Waals surface area contributed by atoms with Crippen LogP contribution in [0.15, 0.2) is 0 Å². The molecule has 0 atom stereocenters. The summed E-state index contributed by atoms with van der Waals surface area (Å²) in [5, 5.41) is 0. The molecular formula is C13H19N5O2S. The Morgan fingerprint density at radius 1 is 1.19 bits per heavy atom. The molecule has 0 bridgehead atoms. The number of hydrogen-bond acceptors (Lipinski definition) is 5. The van der Waals surface area contributed by atoms with Crippen LogP contribution in [0, 0.1) is 13.8 Å². The fraction of sp³-hybridized carbons (Fsp3) is 0.538. The fourth-order valence-electron chi connectivity index (χ4n) is 2.83. The Labute approximate surface area is 123 Å². The average molecular weight is 309 g/mol. The van der Waals surface area contributed by atoms with E-state index >= 15 is 0 Å². The van der Waals surface area contributed by atoms with Crippen molar-refractivity contribution in [3.63, 3.8) is 0 Å². The summed E-state index contributed by atoms with van der Waals surface area (Å²) in [6, 6.07) is 0. The molecule has 0 unspecified atom stereocenters. The van der Waals surface area contributed by atoms with Crippen LogP contribution in [-0.2, 0) is 23.1 Å². The highest BCUT2D eigenvalue weighted by Crippen LogP contribution is 2.28. The van der Waals surface area contributed by atoms with Crippen molar-refractivity contribution in [2.75, 3.05) is 18.5 Å². The number of pyridine rings is 1. The van der Waals surface area contributed by atoms with Crippen molar-refractivity contribution < 1.29 is 8.42 Å². The number of rotatable bonds is 1. The van der Waals surface area contributed by atoms with Crippen molar-refractivity contribution in [1.29, 1.82) is 0 Å². The summed E-state index contributed by atoms with van der Waals surface area (Å²) in [7, 11) is -3.22. The molecule has 2 N–H and O–H groups in total. The maximum absolute atomic E-state index is 11.8. The third kappa shape index (κ3) is 2.28. The van der Waals surface area contributed by atoms with Gasteiger partial charge in [0.25, 0.3) is 0 Å². The number of imidazole rings is 1. The molecule has 0 radical (unpaired) electrons. The van der Waals surface area contributed by atoms with Gasteiger partial charge in [-0.1, -0.05) is 0 Å². The minimum atomic E-state index is -3.22. The first-order chi connectivity index (χ1) is 9.79. The summed E-state index contributed by atoms with van der Waals surface area (Å²) in [5.41, 5.74) is 9.55. The Hall–Kier alpha value is -1.67. The Balaban J connectivity index is 2.23. The zero-order chi connectivity index (χ0) is 15.4. The van der Waals surface area contributed by atoms with Gasteiger partial charge in [0.15, 0.2) is 5.82 Å². The molecule has 0 aromatic carbocycles. The van der Waals surface area contributed by atoms with Crippen LogP contribution >= 0.6 is 0 Å². The second-order valence-electron chi connectivity index (χ2n) is 5.53.